The highest BCUT2D eigenvalue weighted by molar-refractivity contribution is 5.85. The maximum Gasteiger partial charge on any atom is 0.220 e. The number of hydrogen-bond donors (Lipinski definition) is 2. The molecule has 2 N–H and O–H groups in total. The molecule has 1 aromatic carbocycles. The van der Waals surface area contributed by atoms with Crippen LogP contribution in [0.15, 0.2) is 18.2 Å². The SMILES string of the molecule is Cc1ccc(C)c(OCCCCC(=O)NC2CNCCC2C)c1.Cl. The van der Waals surface area contributed by atoms with Crippen LogP contribution in [0.4, 0.5) is 0 Å². The summed E-state index contributed by atoms with van der Waals surface area (Å²) in [6, 6.07) is 6.52. The number of halogens is 1. The zero-order valence-corrected chi connectivity index (χ0v) is 15.9. The summed E-state index contributed by atoms with van der Waals surface area (Å²) in [4.78, 5) is 12.0. The van der Waals surface area contributed by atoms with Gasteiger partial charge in [0.2, 0.25) is 5.91 Å². The lowest BCUT2D eigenvalue weighted by atomic mass is 9.94. The van der Waals surface area contributed by atoms with E-state index >= 15 is 0 Å². The zero-order chi connectivity index (χ0) is 16.7. The molecule has 0 saturated carbocycles. The van der Waals surface area contributed by atoms with Crippen LogP contribution in [0.1, 0.15) is 43.7 Å². The van der Waals surface area contributed by atoms with Gasteiger partial charge in [-0.15, -0.1) is 12.4 Å². The maximum atomic E-state index is 12.0. The number of amides is 1. The number of carbonyl (C=O) groups excluding carboxylic acids is 1. The van der Waals surface area contributed by atoms with Gasteiger partial charge >= 0.3 is 0 Å². The van der Waals surface area contributed by atoms with E-state index in [1.54, 1.807) is 0 Å². The van der Waals surface area contributed by atoms with E-state index in [9.17, 15) is 4.79 Å². The predicted molar refractivity (Wildman–Crippen MR) is 101 cm³/mol. The van der Waals surface area contributed by atoms with E-state index in [0.717, 1.165) is 43.7 Å². The van der Waals surface area contributed by atoms with Crippen LogP contribution < -0.4 is 15.4 Å². The Kier molecular flexibility index (Phi) is 9.16. The first-order valence-corrected chi connectivity index (χ1v) is 8.76. The molecule has 2 rings (SSSR count). The Hall–Kier alpha value is -1.26. The van der Waals surface area contributed by atoms with Crippen molar-refractivity contribution in [1.29, 1.82) is 0 Å². The Morgan fingerprint density at radius 1 is 1.33 bits per heavy atom. The first-order chi connectivity index (χ1) is 11.1. The number of piperidine rings is 1. The Morgan fingerprint density at radius 3 is 2.88 bits per heavy atom. The lowest BCUT2D eigenvalue weighted by molar-refractivity contribution is -0.122. The van der Waals surface area contributed by atoms with E-state index in [-0.39, 0.29) is 24.4 Å². The molecule has 0 bridgehead atoms. The molecule has 1 aliphatic heterocycles. The van der Waals surface area contributed by atoms with Crippen LogP contribution in [0, 0.1) is 19.8 Å². The fraction of sp³-hybridized carbons (Fsp3) is 0.632. The molecule has 1 fully saturated rings. The standard InChI is InChI=1S/C19H30N2O2.ClH/c1-14-7-8-16(3)18(12-14)23-11-5-4-6-19(22)21-17-13-20-10-9-15(17)2;/h7-8,12,15,17,20H,4-6,9-11,13H2,1-3H3,(H,21,22);1H. The topological polar surface area (TPSA) is 50.4 Å². The van der Waals surface area contributed by atoms with E-state index in [1.165, 1.54) is 5.56 Å². The van der Waals surface area contributed by atoms with Crippen molar-refractivity contribution in [2.24, 2.45) is 5.92 Å². The summed E-state index contributed by atoms with van der Waals surface area (Å²) in [6.07, 6.45) is 3.48. The van der Waals surface area contributed by atoms with Crippen LogP contribution in [0.5, 0.6) is 5.75 Å². The molecule has 1 amide bonds. The first kappa shape index (κ1) is 20.8. The second-order valence-corrected chi connectivity index (χ2v) is 6.72. The molecule has 1 aliphatic rings. The van der Waals surface area contributed by atoms with Crippen LogP contribution in [0.25, 0.3) is 0 Å². The molecular formula is C19H31ClN2O2. The second kappa shape index (κ2) is 10.6. The lowest BCUT2D eigenvalue weighted by Gasteiger charge is -2.30. The molecule has 4 nitrogen and oxygen atoms in total. The number of hydrogen-bond acceptors (Lipinski definition) is 3. The molecule has 5 heteroatoms. The van der Waals surface area contributed by atoms with Gasteiger partial charge in [0.05, 0.1) is 6.61 Å². The van der Waals surface area contributed by atoms with Crippen molar-refractivity contribution in [1.82, 2.24) is 10.6 Å². The number of nitrogens with one attached hydrogen (secondary N) is 2. The fourth-order valence-corrected chi connectivity index (χ4v) is 2.89. The number of carbonyl (C=O) groups is 1. The first-order valence-electron chi connectivity index (χ1n) is 8.76. The molecule has 0 aromatic heterocycles. The molecule has 1 heterocycles. The van der Waals surface area contributed by atoms with Gasteiger partial charge in [0.15, 0.2) is 0 Å². The van der Waals surface area contributed by atoms with Crippen molar-refractivity contribution >= 4 is 18.3 Å². The molecule has 24 heavy (non-hydrogen) atoms. The van der Waals surface area contributed by atoms with Crippen molar-refractivity contribution in [3.8, 4) is 5.75 Å². The minimum atomic E-state index is 0. The highest BCUT2D eigenvalue weighted by Crippen LogP contribution is 2.19. The van der Waals surface area contributed by atoms with Crippen LogP contribution in [-0.4, -0.2) is 31.6 Å². The fourth-order valence-electron chi connectivity index (χ4n) is 2.89. The Labute approximate surface area is 152 Å². The van der Waals surface area contributed by atoms with Crippen molar-refractivity contribution in [3.63, 3.8) is 0 Å². The molecule has 0 aliphatic carbocycles. The smallest absolute Gasteiger partial charge is 0.220 e. The van der Waals surface area contributed by atoms with E-state index in [2.05, 4.69) is 49.6 Å². The van der Waals surface area contributed by atoms with Crippen molar-refractivity contribution in [2.45, 2.75) is 52.5 Å². The summed E-state index contributed by atoms with van der Waals surface area (Å²) in [6.45, 7) is 8.95. The van der Waals surface area contributed by atoms with Gasteiger partial charge in [0, 0.05) is 19.0 Å². The van der Waals surface area contributed by atoms with E-state index in [1.807, 2.05) is 0 Å². The average molecular weight is 355 g/mol. The summed E-state index contributed by atoms with van der Waals surface area (Å²) in [5, 5.41) is 6.49. The maximum absolute atomic E-state index is 12.0. The normalized spacial score (nSPS) is 20.1. The van der Waals surface area contributed by atoms with Gasteiger partial charge < -0.3 is 15.4 Å². The Morgan fingerprint density at radius 2 is 2.12 bits per heavy atom. The quantitative estimate of drug-likeness (QED) is 0.738. The minimum absolute atomic E-state index is 0. The second-order valence-electron chi connectivity index (χ2n) is 6.72. The highest BCUT2D eigenvalue weighted by Gasteiger charge is 2.22. The molecule has 0 radical (unpaired) electrons. The van der Waals surface area contributed by atoms with Crippen molar-refractivity contribution in [3.05, 3.63) is 29.3 Å². The number of benzene rings is 1. The Bertz CT molecular complexity index is 522. The summed E-state index contributed by atoms with van der Waals surface area (Å²) in [7, 11) is 0. The molecule has 1 aromatic rings. The summed E-state index contributed by atoms with van der Waals surface area (Å²) < 4.78 is 5.82. The van der Waals surface area contributed by atoms with Crippen LogP contribution in [-0.2, 0) is 4.79 Å². The van der Waals surface area contributed by atoms with Gasteiger partial charge in [0.25, 0.3) is 0 Å². The van der Waals surface area contributed by atoms with Gasteiger partial charge in [-0.3, -0.25) is 4.79 Å². The van der Waals surface area contributed by atoms with E-state index in [4.69, 9.17) is 4.74 Å². The molecule has 2 atom stereocenters. The van der Waals surface area contributed by atoms with Crippen LogP contribution in [0.3, 0.4) is 0 Å². The third-order valence-electron chi connectivity index (χ3n) is 4.57. The van der Waals surface area contributed by atoms with Gasteiger partial charge in [-0.1, -0.05) is 19.1 Å². The number of aryl methyl sites for hydroxylation is 2. The van der Waals surface area contributed by atoms with Crippen LogP contribution >= 0.6 is 12.4 Å². The third-order valence-corrected chi connectivity index (χ3v) is 4.57. The number of unbranched alkanes of at least 4 members (excludes halogenated alkanes) is 1. The predicted octanol–water partition coefficient (Wildman–Crippen LogP) is 3.39. The molecule has 0 spiro atoms. The van der Waals surface area contributed by atoms with Crippen LogP contribution in [0.2, 0.25) is 0 Å². The average Bonchev–Trinajstić information content (AvgIpc) is 2.52. The Balaban J connectivity index is 0.00000288. The van der Waals surface area contributed by atoms with Crippen molar-refractivity contribution in [2.75, 3.05) is 19.7 Å². The molecular weight excluding hydrogens is 324 g/mol. The summed E-state index contributed by atoms with van der Waals surface area (Å²) in [5.74, 6) is 1.68. The monoisotopic (exact) mass is 354 g/mol. The summed E-state index contributed by atoms with van der Waals surface area (Å²) in [5.41, 5.74) is 2.37. The van der Waals surface area contributed by atoms with E-state index in [0.29, 0.717) is 18.9 Å². The lowest BCUT2D eigenvalue weighted by Crippen LogP contribution is -2.50. The van der Waals surface area contributed by atoms with Gasteiger partial charge in [-0.2, -0.15) is 0 Å². The number of rotatable bonds is 7. The van der Waals surface area contributed by atoms with Crippen molar-refractivity contribution < 1.29 is 9.53 Å². The van der Waals surface area contributed by atoms with Gasteiger partial charge in [0.1, 0.15) is 5.75 Å². The molecule has 136 valence electrons. The summed E-state index contributed by atoms with van der Waals surface area (Å²) >= 11 is 0. The third kappa shape index (κ3) is 6.70. The highest BCUT2D eigenvalue weighted by atomic mass is 35.5. The largest absolute Gasteiger partial charge is 0.493 e. The molecule has 2 unspecified atom stereocenters. The number of ether oxygens (including phenoxy) is 1. The van der Waals surface area contributed by atoms with E-state index < -0.39 is 0 Å². The zero-order valence-electron chi connectivity index (χ0n) is 15.1. The van der Waals surface area contributed by atoms with Gasteiger partial charge in [-0.05, 0) is 62.8 Å². The van der Waals surface area contributed by atoms with Gasteiger partial charge in [-0.25, -0.2) is 0 Å². The molecule has 1 saturated heterocycles. The minimum Gasteiger partial charge on any atom is -0.493 e.